The van der Waals surface area contributed by atoms with Gasteiger partial charge in [0.05, 0.1) is 12.2 Å². The summed E-state index contributed by atoms with van der Waals surface area (Å²) in [4.78, 5) is 11.3. The SMILES string of the molecule is CC(=O)O.OCc1ccc(C(F)(F)OF)c(F)c1. The molecule has 0 fully saturated rings. The smallest absolute Gasteiger partial charge is 0.415 e. The molecule has 0 bridgehead atoms. The highest BCUT2D eigenvalue weighted by Crippen LogP contribution is 2.31. The molecular weight excluding hydrogens is 260 g/mol. The van der Waals surface area contributed by atoms with Gasteiger partial charge in [-0.1, -0.05) is 6.07 Å². The summed E-state index contributed by atoms with van der Waals surface area (Å²) in [6.07, 6.45) is -4.31. The first-order chi connectivity index (χ1) is 8.24. The monoisotopic (exact) mass is 270 g/mol. The third kappa shape index (κ3) is 5.11. The Hall–Kier alpha value is -1.67. The minimum atomic E-state index is -4.31. The molecule has 1 rings (SSSR count). The normalized spacial score (nSPS) is 10.6. The molecule has 0 aliphatic carbocycles. The van der Waals surface area contributed by atoms with Gasteiger partial charge in [-0.25, -0.2) is 4.39 Å². The predicted molar refractivity (Wildman–Crippen MR) is 51.7 cm³/mol. The fraction of sp³-hybridized carbons (Fsp3) is 0.300. The number of benzene rings is 1. The van der Waals surface area contributed by atoms with Gasteiger partial charge in [0.15, 0.2) is 0 Å². The van der Waals surface area contributed by atoms with Crippen LogP contribution in [0, 0.1) is 5.82 Å². The van der Waals surface area contributed by atoms with Crippen LogP contribution in [-0.2, 0) is 22.5 Å². The summed E-state index contributed by atoms with van der Waals surface area (Å²) >= 11 is 0. The van der Waals surface area contributed by atoms with Crippen LogP contribution in [0.5, 0.6) is 0 Å². The van der Waals surface area contributed by atoms with Crippen LogP contribution in [0.3, 0.4) is 0 Å². The maximum absolute atomic E-state index is 12.9. The second-order valence-electron chi connectivity index (χ2n) is 3.09. The Morgan fingerprint density at radius 3 is 2.28 bits per heavy atom. The summed E-state index contributed by atoms with van der Waals surface area (Å²) in [5.74, 6) is -2.17. The molecule has 0 saturated carbocycles. The number of carboxylic acid groups (broad SMARTS) is 1. The molecule has 8 heteroatoms. The first-order valence-electron chi connectivity index (χ1n) is 4.51. The summed E-state index contributed by atoms with van der Waals surface area (Å²) in [7, 11) is 0. The van der Waals surface area contributed by atoms with E-state index in [9.17, 15) is 17.7 Å². The average molecular weight is 270 g/mol. The van der Waals surface area contributed by atoms with E-state index in [2.05, 4.69) is 4.94 Å². The molecule has 0 radical (unpaired) electrons. The van der Waals surface area contributed by atoms with Crippen molar-refractivity contribution in [3.05, 3.63) is 35.1 Å². The van der Waals surface area contributed by atoms with E-state index >= 15 is 0 Å². The van der Waals surface area contributed by atoms with Gasteiger partial charge in [0.25, 0.3) is 5.97 Å². The lowest BCUT2D eigenvalue weighted by Gasteiger charge is -2.11. The summed E-state index contributed by atoms with van der Waals surface area (Å²) in [5.41, 5.74) is -1.10. The largest absolute Gasteiger partial charge is 0.481 e. The van der Waals surface area contributed by atoms with Crippen LogP contribution in [0.1, 0.15) is 18.1 Å². The maximum Gasteiger partial charge on any atom is 0.415 e. The lowest BCUT2D eigenvalue weighted by molar-refractivity contribution is -0.365. The van der Waals surface area contributed by atoms with Crippen molar-refractivity contribution in [3.63, 3.8) is 0 Å². The number of hydrogen-bond acceptors (Lipinski definition) is 3. The van der Waals surface area contributed by atoms with Gasteiger partial charge in [-0.05, 0) is 22.2 Å². The number of halogens is 4. The second kappa shape index (κ2) is 6.92. The molecule has 0 saturated heterocycles. The van der Waals surface area contributed by atoms with Gasteiger partial charge in [-0.15, -0.1) is 4.94 Å². The molecule has 0 aliphatic heterocycles. The number of aliphatic hydroxyl groups is 1. The Morgan fingerprint density at radius 1 is 1.44 bits per heavy atom. The molecule has 0 spiro atoms. The molecule has 1 aromatic rings. The van der Waals surface area contributed by atoms with E-state index in [1.54, 1.807) is 0 Å². The molecule has 0 heterocycles. The summed E-state index contributed by atoms with van der Waals surface area (Å²) in [6.45, 7) is 0.596. The van der Waals surface area contributed by atoms with Crippen molar-refractivity contribution in [1.82, 2.24) is 0 Å². The number of carbonyl (C=O) groups is 1. The number of aliphatic carboxylic acids is 1. The molecule has 0 aliphatic rings. The lowest BCUT2D eigenvalue weighted by atomic mass is 10.1. The maximum atomic E-state index is 12.9. The molecule has 18 heavy (non-hydrogen) atoms. The van der Waals surface area contributed by atoms with Crippen molar-refractivity contribution in [3.8, 4) is 0 Å². The third-order valence-corrected chi connectivity index (χ3v) is 1.63. The van der Waals surface area contributed by atoms with Gasteiger partial charge in [0, 0.05) is 6.92 Å². The zero-order chi connectivity index (χ0) is 14.3. The number of rotatable bonds is 3. The van der Waals surface area contributed by atoms with Crippen molar-refractivity contribution >= 4 is 5.97 Å². The van der Waals surface area contributed by atoms with Crippen molar-refractivity contribution in [2.24, 2.45) is 0 Å². The van der Waals surface area contributed by atoms with Crippen LogP contribution in [0.4, 0.5) is 17.7 Å². The zero-order valence-electron chi connectivity index (χ0n) is 9.16. The highest BCUT2D eigenvalue weighted by Gasteiger charge is 2.37. The molecule has 1 aromatic carbocycles. The average Bonchev–Trinajstić information content (AvgIpc) is 2.27. The molecule has 0 atom stereocenters. The fourth-order valence-electron chi connectivity index (χ4n) is 0.935. The Morgan fingerprint density at radius 2 is 1.94 bits per heavy atom. The van der Waals surface area contributed by atoms with Crippen LogP contribution >= 0.6 is 0 Å². The van der Waals surface area contributed by atoms with E-state index in [4.69, 9.17) is 15.0 Å². The summed E-state index contributed by atoms with van der Waals surface area (Å²) in [5, 5.41) is 16.0. The van der Waals surface area contributed by atoms with E-state index in [0.717, 1.165) is 13.0 Å². The van der Waals surface area contributed by atoms with E-state index in [-0.39, 0.29) is 5.56 Å². The molecule has 0 aromatic heterocycles. The van der Waals surface area contributed by atoms with Crippen molar-refractivity contribution in [2.45, 2.75) is 19.6 Å². The van der Waals surface area contributed by atoms with E-state index in [0.29, 0.717) is 12.1 Å². The van der Waals surface area contributed by atoms with Crippen LogP contribution in [0.15, 0.2) is 18.2 Å². The van der Waals surface area contributed by atoms with Gasteiger partial charge in [-0.2, -0.15) is 8.78 Å². The number of carboxylic acids is 1. The van der Waals surface area contributed by atoms with Crippen molar-refractivity contribution in [1.29, 1.82) is 0 Å². The Kier molecular flexibility index (Phi) is 6.28. The second-order valence-corrected chi connectivity index (χ2v) is 3.09. The van der Waals surface area contributed by atoms with Gasteiger partial charge in [0.2, 0.25) is 0 Å². The van der Waals surface area contributed by atoms with Crippen molar-refractivity contribution < 1.29 is 37.6 Å². The first-order valence-corrected chi connectivity index (χ1v) is 4.51. The minimum Gasteiger partial charge on any atom is -0.481 e. The van der Waals surface area contributed by atoms with Crippen LogP contribution in [0.25, 0.3) is 0 Å². The predicted octanol–water partition coefficient (Wildman–Crippen LogP) is 2.36. The number of aliphatic hydroxyl groups excluding tert-OH is 1. The van der Waals surface area contributed by atoms with Crippen LogP contribution in [-0.4, -0.2) is 16.2 Å². The van der Waals surface area contributed by atoms with Gasteiger partial charge in [-0.3, -0.25) is 4.79 Å². The van der Waals surface area contributed by atoms with E-state index in [1.165, 1.54) is 0 Å². The first kappa shape index (κ1) is 16.3. The molecular formula is C10H10F4O4. The summed E-state index contributed by atoms with van der Waals surface area (Å²) < 4.78 is 49.2. The van der Waals surface area contributed by atoms with Crippen LogP contribution in [0.2, 0.25) is 0 Å². The molecule has 4 nitrogen and oxygen atoms in total. The highest BCUT2D eigenvalue weighted by atomic mass is 19.4. The highest BCUT2D eigenvalue weighted by molar-refractivity contribution is 5.62. The topological polar surface area (TPSA) is 66.8 Å². The molecule has 0 amide bonds. The van der Waals surface area contributed by atoms with E-state index < -0.39 is 30.1 Å². The molecule has 102 valence electrons. The summed E-state index contributed by atoms with van der Waals surface area (Å²) in [6, 6.07) is 2.38. The van der Waals surface area contributed by atoms with Gasteiger partial charge < -0.3 is 10.2 Å². The zero-order valence-corrected chi connectivity index (χ0v) is 9.16. The van der Waals surface area contributed by atoms with Gasteiger partial charge in [0.1, 0.15) is 5.82 Å². The fourth-order valence-corrected chi connectivity index (χ4v) is 0.935. The van der Waals surface area contributed by atoms with E-state index in [1.807, 2.05) is 0 Å². The molecule has 0 unspecified atom stereocenters. The van der Waals surface area contributed by atoms with Gasteiger partial charge >= 0.3 is 6.11 Å². The lowest BCUT2D eigenvalue weighted by Crippen LogP contribution is -2.16. The minimum absolute atomic E-state index is 0.112. The Balaban J connectivity index is 0.000000631. The Labute approximate surface area is 99.3 Å². The quantitative estimate of drug-likeness (QED) is 0.827. The van der Waals surface area contributed by atoms with Crippen LogP contribution < -0.4 is 0 Å². The number of alkyl halides is 2. The Bertz CT molecular complexity index is 405. The number of hydrogen-bond donors (Lipinski definition) is 2. The van der Waals surface area contributed by atoms with Crippen molar-refractivity contribution in [2.75, 3.05) is 0 Å². The molecule has 2 N–H and O–H groups in total. The standard InChI is InChI=1S/C8H6F4O2.C2H4O2/c9-7-3-5(4-13)1-2-6(7)8(10,11)14-12;1-2(3)4/h1-3,13H,4H2;1H3,(H,3,4). The third-order valence-electron chi connectivity index (χ3n) is 1.63.